The molecule has 8 heteroatoms. The molecular formula is C30H34Cl2N4O2. The van der Waals surface area contributed by atoms with Gasteiger partial charge in [-0.25, -0.2) is 0 Å². The Morgan fingerprint density at radius 2 is 1.47 bits per heavy atom. The van der Waals surface area contributed by atoms with Crippen LogP contribution < -0.4 is 4.74 Å². The van der Waals surface area contributed by atoms with Crippen molar-refractivity contribution in [3.8, 4) is 5.75 Å². The summed E-state index contributed by atoms with van der Waals surface area (Å²) < 4.78 is 6.14. The summed E-state index contributed by atoms with van der Waals surface area (Å²) in [6.07, 6.45) is 5.55. The highest BCUT2D eigenvalue weighted by atomic mass is 35.5. The minimum Gasteiger partial charge on any atom is -0.488 e. The van der Waals surface area contributed by atoms with E-state index in [2.05, 4.69) is 37.9 Å². The average molecular weight is 554 g/mol. The van der Waals surface area contributed by atoms with E-state index in [0.717, 1.165) is 82.1 Å². The van der Waals surface area contributed by atoms with Gasteiger partial charge in [0.15, 0.2) is 0 Å². The second-order valence-electron chi connectivity index (χ2n) is 10.1. The van der Waals surface area contributed by atoms with Crippen molar-refractivity contribution in [2.45, 2.75) is 32.5 Å². The number of pyridine rings is 1. The number of likely N-dealkylation sites (tertiary alicyclic amines) is 1. The van der Waals surface area contributed by atoms with E-state index < -0.39 is 0 Å². The summed E-state index contributed by atoms with van der Waals surface area (Å²) in [5, 5.41) is 1.21. The molecule has 2 fully saturated rings. The summed E-state index contributed by atoms with van der Waals surface area (Å²) in [7, 11) is 0. The second-order valence-corrected chi connectivity index (χ2v) is 10.9. The molecule has 3 heterocycles. The number of amides is 1. The van der Waals surface area contributed by atoms with Gasteiger partial charge in [-0.2, -0.15) is 0 Å². The van der Waals surface area contributed by atoms with Gasteiger partial charge in [-0.3, -0.25) is 19.6 Å². The zero-order valence-electron chi connectivity index (χ0n) is 21.6. The molecule has 0 spiro atoms. The van der Waals surface area contributed by atoms with Crippen LogP contribution in [0.4, 0.5) is 0 Å². The van der Waals surface area contributed by atoms with Crippen LogP contribution >= 0.6 is 23.2 Å². The number of rotatable bonds is 8. The summed E-state index contributed by atoms with van der Waals surface area (Å²) in [5.74, 6) is 1.30. The number of piperazine rings is 1. The Morgan fingerprint density at radius 1 is 0.816 bits per heavy atom. The van der Waals surface area contributed by atoms with Crippen LogP contribution in [0.5, 0.6) is 5.75 Å². The van der Waals surface area contributed by atoms with Crippen molar-refractivity contribution in [2.75, 3.05) is 39.3 Å². The molecule has 2 aromatic carbocycles. The quantitative estimate of drug-likeness (QED) is 0.368. The topological polar surface area (TPSA) is 48.9 Å². The number of nitrogens with zero attached hydrogens (tertiary/aromatic N) is 4. The zero-order valence-corrected chi connectivity index (χ0v) is 23.1. The van der Waals surface area contributed by atoms with Gasteiger partial charge in [-0.15, -0.1) is 0 Å². The van der Waals surface area contributed by atoms with Crippen LogP contribution in [0.25, 0.3) is 0 Å². The summed E-state index contributed by atoms with van der Waals surface area (Å²) in [4.78, 5) is 24.3. The van der Waals surface area contributed by atoms with E-state index in [1.165, 1.54) is 5.56 Å². The van der Waals surface area contributed by atoms with Crippen molar-refractivity contribution in [3.63, 3.8) is 0 Å². The van der Waals surface area contributed by atoms with Crippen LogP contribution in [0.1, 0.15) is 29.5 Å². The van der Waals surface area contributed by atoms with Crippen molar-refractivity contribution in [1.29, 1.82) is 0 Å². The smallest absolute Gasteiger partial charge is 0.225 e. The van der Waals surface area contributed by atoms with Gasteiger partial charge in [-0.05, 0) is 61.8 Å². The van der Waals surface area contributed by atoms with Gasteiger partial charge in [0.05, 0.1) is 0 Å². The van der Waals surface area contributed by atoms with Gasteiger partial charge < -0.3 is 9.64 Å². The first-order valence-corrected chi connectivity index (χ1v) is 14.1. The lowest BCUT2D eigenvalue weighted by Crippen LogP contribution is -2.51. The second kappa shape index (κ2) is 12.9. The normalized spacial score (nSPS) is 17.5. The fourth-order valence-corrected chi connectivity index (χ4v) is 5.81. The van der Waals surface area contributed by atoms with E-state index >= 15 is 0 Å². The Bertz CT molecular complexity index is 1190. The average Bonchev–Trinajstić information content (AvgIpc) is 2.95. The lowest BCUT2D eigenvalue weighted by Gasteiger charge is -2.38. The van der Waals surface area contributed by atoms with Crippen LogP contribution in [0.3, 0.4) is 0 Å². The number of hydrogen-bond donors (Lipinski definition) is 0. The van der Waals surface area contributed by atoms with Crippen molar-refractivity contribution in [2.24, 2.45) is 5.92 Å². The number of carbonyl (C=O) groups excluding carboxylic acids is 1. The maximum absolute atomic E-state index is 13.3. The van der Waals surface area contributed by atoms with Gasteiger partial charge in [0, 0.05) is 78.8 Å². The predicted molar refractivity (Wildman–Crippen MR) is 151 cm³/mol. The van der Waals surface area contributed by atoms with Gasteiger partial charge in [-0.1, -0.05) is 47.5 Å². The van der Waals surface area contributed by atoms with E-state index in [9.17, 15) is 4.79 Å². The van der Waals surface area contributed by atoms with Crippen LogP contribution in [-0.2, 0) is 24.5 Å². The minimum atomic E-state index is 0.140. The standard InChI is InChI=1S/C30H34Cl2N4O2/c31-27-5-3-6-28(32)26(27)22-38-29-7-2-1-4-25(29)21-35-16-18-36(19-17-35)30(37)24-10-14-34(15-11-24)20-23-8-12-33-13-9-23/h1-9,12-13,24H,10-11,14-22H2. The highest BCUT2D eigenvalue weighted by molar-refractivity contribution is 6.35. The lowest BCUT2D eigenvalue weighted by molar-refractivity contribution is -0.139. The Balaban J connectivity index is 1.09. The number of piperidine rings is 1. The van der Waals surface area contributed by atoms with Crippen LogP contribution in [0, 0.1) is 5.92 Å². The van der Waals surface area contributed by atoms with Gasteiger partial charge >= 0.3 is 0 Å². The molecule has 1 aromatic heterocycles. The Morgan fingerprint density at radius 3 is 2.18 bits per heavy atom. The van der Waals surface area contributed by atoms with Crippen LogP contribution in [0.2, 0.25) is 10.0 Å². The Labute approximate surface area is 235 Å². The van der Waals surface area contributed by atoms with Crippen molar-refractivity contribution in [3.05, 3.63) is 93.7 Å². The highest BCUT2D eigenvalue weighted by Gasteiger charge is 2.30. The molecule has 2 aliphatic rings. The molecule has 3 aromatic rings. The van der Waals surface area contributed by atoms with Crippen molar-refractivity contribution >= 4 is 29.1 Å². The molecule has 200 valence electrons. The molecular weight excluding hydrogens is 519 g/mol. The number of benzene rings is 2. The first-order valence-electron chi connectivity index (χ1n) is 13.3. The van der Waals surface area contributed by atoms with Gasteiger partial charge in [0.1, 0.15) is 12.4 Å². The first-order chi connectivity index (χ1) is 18.6. The summed E-state index contributed by atoms with van der Waals surface area (Å²) in [6.45, 7) is 7.22. The largest absolute Gasteiger partial charge is 0.488 e. The summed E-state index contributed by atoms with van der Waals surface area (Å²) in [6, 6.07) is 17.7. The molecule has 1 amide bonds. The summed E-state index contributed by atoms with van der Waals surface area (Å²) >= 11 is 12.6. The number of aromatic nitrogens is 1. The van der Waals surface area contributed by atoms with E-state index in [1.807, 2.05) is 48.8 Å². The molecule has 0 atom stereocenters. The summed E-state index contributed by atoms with van der Waals surface area (Å²) in [5.41, 5.74) is 3.19. The monoisotopic (exact) mass is 552 g/mol. The van der Waals surface area contributed by atoms with E-state index in [1.54, 1.807) is 0 Å². The molecule has 2 aliphatic heterocycles. The van der Waals surface area contributed by atoms with Crippen LogP contribution in [-0.4, -0.2) is 64.9 Å². The molecule has 0 bridgehead atoms. The molecule has 0 unspecified atom stereocenters. The molecule has 0 N–H and O–H groups in total. The van der Waals surface area contributed by atoms with Gasteiger partial charge in [0.2, 0.25) is 5.91 Å². The zero-order chi connectivity index (χ0) is 26.3. The maximum Gasteiger partial charge on any atom is 0.225 e. The fraction of sp³-hybridized carbons (Fsp3) is 0.400. The number of carbonyl (C=O) groups is 1. The number of para-hydroxylation sites is 1. The van der Waals surface area contributed by atoms with Gasteiger partial charge in [0.25, 0.3) is 0 Å². The SMILES string of the molecule is O=C(C1CCN(Cc2ccncc2)CC1)N1CCN(Cc2ccccc2OCc2c(Cl)cccc2Cl)CC1. The highest BCUT2D eigenvalue weighted by Crippen LogP contribution is 2.28. The van der Waals surface area contributed by atoms with E-state index in [0.29, 0.717) is 22.6 Å². The maximum atomic E-state index is 13.3. The Hall–Kier alpha value is -2.64. The van der Waals surface area contributed by atoms with E-state index in [-0.39, 0.29) is 5.92 Å². The number of halogens is 2. The molecule has 0 saturated carbocycles. The predicted octanol–water partition coefficient (Wildman–Crippen LogP) is 5.52. The molecule has 5 rings (SSSR count). The third-order valence-electron chi connectivity index (χ3n) is 7.58. The third kappa shape index (κ3) is 6.86. The number of ether oxygens (including phenoxy) is 1. The minimum absolute atomic E-state index is 0.140. The molecule has 0 radical (unpaired) electrons. The number of hydrogen-bond acceptors (Lipinski definition) is 5. The fourth-order valence-electron chi connectivity index (χ4n) is 5.31. The van der Waals surface area contributed by atoms with E-state index in [4.69, 9.17) is 27.9 Å². The first kappa shape index (κ1) is 26.9. The third-order valence-corrected chi connectivity index (χ3v) is 8.28. The Kier molecular flexibility index (Phi) is 9.18. The molecule has 0 aliphatic carbocycles. The molecule has 38 heavy (non-hydrogen) atoms. The molecule has 2 saturated heterocycles. The lowest BCUT2D eigenvalue weighted by atomic mass is 9.94. The van der Waals surface area contributed by atoms with Crippen molar-refractivity contribution in [1.82, 2.24) is 19.7 Å². The van der Waals surface area contributed by atoms with Crippen molar-refractivity contribution < 1.29 is 9.53 Å². The van der Waals surface area contributed by atoms with Crippen LogP contribution in [0.15, 0.2) is 67.0 Å². The molecule has 6 nitrogen and oxygen atoms in total.